The molecule has 0 aliphatic heterocycles. The van der Waals surface area contributed by atoms with Crippen molar-refractivity contribution in [2.45, 2.75) is 26.4 Å². The molecule has 1 N–H and O–H groups in total. The predicted octanol–water partition coefficient (Wildman–Crippen LogP) is 0.523. The summed E-state index contributed by atoms with van der Waals surface area (Å²) in [6.45, 7) is 4.59. The summed E-state index contributed by atoms with van der Waals surface area (Å²) in [6.07, 6.45) is 7.70. The van der Waals surface area contributed by atoms with E-state index in [0.29, 0.717) is 12.2 Å². The number of nitrogens with zero attached hydrogens (tertiary/aromatic N) is 5. The highest BCUT2D eigenvalue weighted by atomic mass is 16.2. The number of nitrogens with one attached hydrogen (secondary N) is 1. The van der Waals surface area contributed by atoms with Crippen molar-refractivity contribution >= 4 is 5.91 Å². The fraction of sp³-hybridized carbons (Fsp3) is 0.417. The van der Waals surface area contributed by atoms with Crippen LogP contribution in [0.2, 0.25) is 0 Å². The second-order valence-electron chi connectivity index (χ2n) is 4.50. The molecule has 0 aliphatic carbocycles. The van der Waals surface area contributed by atoms with E-state index >= 15 is 0 Å². The van der Waals surface area contributed by atoms with Crippen LogP contribution in [0.1, 0.15) is 24.3 Å². The number of hydrogen-bond donors (Lipinski definition) is 1. The van der Waals surface area contributed by atoms with E-state index in [1.807, 2.05) is 13.8 Å². The highest BCUT2D eigenvalue weighted by molar-refractivity contribution is 5.92. The SMILES string of the molecule is CC(C)C(Cn1nccn1)NC(=O)c1cnccn1. The number of carbonyl (C=O) groups is 1. The van der Waals surface area contributed by atoms with Crippen LogP contribution < -0.4 is 5.32 Å². The van der Waals surface area contributed by atoms with Gasteiger partial charge in [0.15, 0.2) is 0 Å². The molecule has 0 bridgehead atoms. The third-order valence-corrected chi connectivity index (χ3v) is 2.74. The van der Waals surface area contributed by atoms with Crippen LogP contribution in [0.25, 0.3) is 0 Å². The van der Waals surface area contributed by atoms with Crippen LogP contribution in [0.5, 0.6) is 0 Å². The summed E-state index contributed by atoms with van der Waals surface area (Å²) >= 11 is 0. The van der Waals surface area contributed by atoms with Gasteiger partial charge in [-0.3, -0.25) is 9.78 Å². The molecule has 1 atom stereocenters. The van der Waals surface area contributed by atoms with Gasteiger partial charge in [0.05, 0.1) is 31.2 Å². The number of aromatic nitrogens is 5. The lowest BCUT2D eigenvalue weighted by molar-refractivity contribution is 0.0912. The van der Waals surface area contributed by atoms with E-state index in [4.69, 9.17) is 0 Å². The topological polar surface area (TPSA) is 85.6 Å². The first-order chi connectivity index (χ1) is 9.16. The summed E-state index contributed by atoms with van der Waals surface area (Å²) in [5, 5.41) is 11.0. The molecule has 0 saturated carbocycles. The minimum Gasteiger partial charge on any atom is -0.346 e. The zero-order valence-electron chi connectivity index (χ0n) is 10.9. The van der Waals surface area contributed by atoms with Crippen molar-refractivity contribution < 1.29 is 4.79 Å². The van der Waals surface area contributed by atoms with Crippen molar-refractivity contribution in [3.8, 4) is 0 Å². The van der Waals surface area contributed by atoms with Crippen molar-refractivity contribution in [3.63, 3.8) is 0 Å². The summed E-state index contributed by atoms with van der Waals surface area (Å²) in [4.78, 5) is 21.4. The van der Waals surface area contributed by atoms with Crippen LogP contribution in [-0.2, 0) is 6.54 Å². The van der Waals surface area contributed by atoms with Gasteiger partial charge in [0.2, 0.25) is 0 Å². The number of rotatable bonds is 5. The van der Waals surface area contributed by atoms with E-state index in [2.05, 4.69) is 25.5 Å². The summed E-state index contributed by atoms with van der Waals surface area (Å²) in [5.74, 6) is 0.0191. The molecule has 2 aromatic heterocycles. The molecule has 0 saturated heterocycles. The summed E-state index contributed by atoms with van der Waals surface area (Å²) in [6, 6.07) is -0.0677. The summed E-state index contributed by atoms with van der Waals surface area (Å²) in [5.41, 5.74) is 0.307. The fourth-order valence-electron chi connectivity index (χ4n) is 1.60. The molecule has 19 heavy (non-hydrogen) atoms. The Balaban J connectivity index is 2.03. The smallest absolute Gasteiger partial charge is 0.271 e. The Bertz CT molecular complexity index is 510. The minimum absolute atomic E-state index is 0.0677. The first-order valence-corrected chi connectivity index (χ1v) is 6.08. The summed E-state index contributed by atoms with van der Waals surface area (Å²) in [7, 11) is 0. The van der Waals surface area contributed by atoms with E-state index in [0.717, 1.165) is 0 Å². The van der Waals surface area contributed by atoms with Crippen molar-refractivity contribution in [3.05, 3.63) is 36.7 Å². The molecule has 7 nitrogen and oxygen atoms in total. The molecule has 0 aliphatic rings. The second-order valence-corrected chi connectivity index (χ2v) is 4.50. The van der Waals surface area contributed by atoms with Crippen LogP contribution in [0.15, 0.2) is 31.0 Å². The first-order valence-electron chi connectivity index (χ1n) is 6.08. The van der Waals surface area contributed by atoms with Gasteiger partial charge in [0, 0.05) is 12.4 Å². The molecule has 0 fully saturated rings. The van der Waals surface area contributed by atoms with Crippen LogP contribution in [0.4, 0.5) is 0 Å². The summed E-state index contributed by atoms with van der Waals surface area (Å²) < 4.78 is 0. The van der Waals surface area contributed by atoms with Gasteiger partial charge in [-0.25, -0.2) is 4.98 Å². The number of carbonyl (C=O) groups excluding carboxylic acids is 1. The third kappa shape index (κ3) is 3.57. The van der Waals surface area contributed by atoms with E-state index in [9.17, 15) is 4.79 Å². The minimum atomic E-state index is -0.237. The van der Waals surface area contributed by atoms with Gasteiger partial charge in [0.25, 0.3) is 5.91 Å². The second kappa shape index (κ2) is 6.03. The monoisotopic (exact) mass is 260 g/mol. The zero-order valence-corrected chi connectivity index (χ0v) is 10.9. The van der Waals surface area contributed by atoms with E-state index in [1.54, 1.807) is 17.2 Å². The Hall–Kier alpha value is -2.31. The average Bonchev–Trinajstić information content (AvgIpc) is 2.91. The molecule has 100 valence electrons. The van der Waals surface area contributed by atoms with Crippen LogP contribution in [0.3, 0.4) is 0 Å². The van der Waals surface area contributed by atoms with Crippen molar-refractivity contribution in [1.82, 2.24) is 30.3 Å². The third-order valence-electron chi connectivity index (χ3n) is 2.74. The van der Waals surface area contributed by atoms with Gasteiger partial charge in [-0.1, -0.05) is 13.8 Å². The quantitative estimate of drug-likeness (QED) is 0.847. The van der Waals surface area contributed by atoms with Gasteiger partial charge in [-0.15, -0.1) is 0 Å². The Morgan fingerprint density at radius 1 is 1.26 bits per heavy atom. The molecule has 1 unspecified atom stereocenters. The highest BCUT2D eigenvalue weighted by Crippen LogP contribution is 2.05. The molecular formula is C12H16N6O. The normalized spacial score (nSPS) is 12.4. The van der Waals surface area contributed by atoms with E-state index in [1.165, 1.54) is 18.6 Å². The molecule has 0 aromatic carbocycles. The molecular weight excluding hydrogens is 244 g/mol. The first kappa shape index (κ1) is 13.1. The zero-order chi connectivity index (χ0) is 13.7. The molecule has 2 heterocycles. The van der Waals surface area contributed by atoms with E-state index < -0.39 is 0 Å². The Labute approximate surface area is 111 Å². The lowest BCUT2D eigenvalue weighted by Gasteiger charge is -2.21. The maximum absolute atomic E-state index is 12.0. The Morgan fingerprint density at radius 2 is 2.00 bits per heavy atom. The molecule has 7 heteroatoms. The Kier molecular flexibility index (Phi) is 4.17. The average molecular weight is 260 g/mol. The van der Waals surface area contributed by atoms with Crippen molar-refractivity contribution in [2.75, 3.05) is 0 Å². The standard InChI is InChI=1S/C12H16N6O/c1-9(2)11(8-18-15-5-6-16-18)17-12(19)10-7-13-3-4-14-10/h3-7,9,11H,8H2,1-2H3,(H,17,19). The fourth-order valence-corrected chi connectivity index (χ4v) is 1.60. The largest absolute Gasteiger partial charge is 0.346 e. The lowest BCUT2D eigenvalue weighted by Crippen LogP contribution is -2.42. The van der Waals surface area contributed by atoms with Gasteiger partial charge in [-0.05, 0) is 5.92 Å². The van der Waals surface area contributed by atoms with Gasteiger partial charge < -0.3 is 5.32 Å². The van der Waals surface area contributed by atoms with Crippen LogP contribution >= 0.6 is 0 Å². The molecule has 0 radical (unpaired) electrons. The maximum atomic E-state index is 12.0. The Morgan fingerprint density at radius 3 is 2.58 bits per heavy atom. The number of amides is 1. The number of hydrogen-bond acceptors (Lipinski definition) is 5. The van der Waals surface area contributed by atoms with Crippen molar-refractivity contribution in [1.29, 1.82) is 0 Å². The molecule has 0 spiro atoms. The predicted molar refractivity (Wildman–Crippen MR) is 68.1 cm³/mol. The van der Waals surface area contributed by atoms with Crippen LogP contribution in [-0.4, -0.2) is 36.9 Å². The van der Waals surface area contributed by atoms with Crippen molar-refractivity contribution in [2.24, 2.45) is 5.92 Å². The van der Waals surface area contributed by atoms with Gasteiger partial charge >= 0.3 is 0 Å². The molecule has 1 amide bonds. The molecule has 2 rings (SSSR count). The van der Waals surface area contributed by atoms with Gasteiger partial charge in [0.1, 0.15) is 5.69 Å². The van der Waals surface area contributed by atoms with Gasteiger partial charge in [-0.2, -0.15) is 15.0 Å². The van der Waals surface area contributed by atoms with Crippen LogP contribution in [0, 0.1) is 5.92 Å². The lowest BCUT2D eigenvalue weighted by atomic mass is 10.0. The van der Waals surface area contributed by atoms with E-state index in [-0.39, 0.29) is 17.9 Å². The molecule has 2 aromatic rings. The maximum Gasteiger partial charge on any atom is 0.271 e. The highest BCUT2D eigenvalue weighted by Gasteiger charge is 2.19.